The molecule has 4 rings (SSSR count). The number of anilines is 1. The highest BCUT2D eigenvalue weighted by Crippen LogP contribution is 2.30. The minimum atomic E-state index is -4.06. The van der Waals surface area contributed by atoms with Crippen LogP contribution in [0, 0.1) is 3.57 Å². The summed E-state index contributed by atoms with van der Waals surface area (Å²) in [5, 5.41) is 0.288. The van der Waals surface area contributed by atoms with E-state index in [4.69, 9.17) is 4.74 Å². The zero-order valence-corrected chi connectivity index (χ0v) is 22.1. The molecule has 0 aliphatic carbocycles. The molecule has 35 heavy (non-hydrogen) atoms. The lowest BCUT2D eigenvalue weighted by atomic mass is 10.1. The lowest BCUT2D eigenvalue weighted by Gasteiger charge is -2.26. The Bertz CT molecular complexity index is 1530. The fraction of sp³-hybridized carbons (Fsp3) is 0.160. The van der Waals surface area contributed by atoms with E-state index in [0.29, 0.717) is 9.26 Å². The summed E-state index contributed by atoms with van der Waals surface area (Å²) in [5.41, 5.74) is -0.463. The van der Waals surface area contributed by atoms with Crippen molar-refractivity contribution in [2.75, 3.05) is 4.90 Å². The van der Waals surface area contributed by atoms with E-state index in [-0.39, 0.29) is 21.5 Å². The molecule has 2 heterocycles. The fourth-order valence-corrected chi connectivity index (χ4v) is 5.42. The van der Waals surface area contributed by atoms with Crippen molar-refractivity contribution in [2.45, 2.75) is 31.3 Å². The summed E-state index contributed by atoms with van der Waals surface area (Å²) in [6.45, 7) is 5.10. The smallest absolute Gasteiger partial charge is 0.422 e. The molecule has 0 aliphatic rings. The predicted octanol–water partition coefficient (Wildman–Crippen LogP) is 5.46. The van der Waals surface area contributed by atoms with E-state index >= 15 is 0 Å². The molecule has 2 amide bonds. The molecule has 2 aromatic heterocycles. The molecule has 0 spiro atoms. The van der Waals surface area contributed by atoms with E-state index < -0.39 is 27.6 Å². The number of imide groups is 1. The number of para-hydroxylation sites is 1. The van der Waals surface area contributed by atoms with Crippen LogP contribution >= 0.6 is 22.6 Å². The van der Waals surface area contributed by atoms with Crippen molar-refractivity contribution >= 4 is 61.3 Å². The largest absolute Gasteiger partial charge is 0.443 e. The molecule has 0 radical (unpaired) electrons. The average Bonchev–Trinajstić information content (AvgIpc) is 3.20. The topological polar surface area (TPSA) is 98.6 Å². The van der Waals surface area contributed by atoms with Gasteiger partial charge >= 0.3 is 6.09 Å². The third kappa shape index (κ3) is 4.94. The minimum absolute atomic E-state index is 0.00174. The van der Waals surface area contributed by atoms with Gasteiger partial charge in [-0.05, 0) is 79.8 Å². The number of aromatic nitrogens is 2. The SMILES string of the molecule is CC(C)(C)OC(=O)N(C(=O)c1cn(S(=O)(=O)c2ccccc2)c2ncccc12)c1ccccc1I. The van der Waals surface area contributed by atoms with Crippen LogP contribution in [0.2, 0.25) is 0 Å². The van der Waals surface area contributed by atoms with E-state index in [0.717, 1.165) is 8.87 Å². The van der Waals surface area contributed by atoms with Gasteiger partial charge in [0.1, 0.15) is 5.60 Å². The summed E-state index contributed by atoms with van der Waals surface area (Å²) < 4.78 is 33.9. The second kappa shape index (κ2) is 9.42. The Balaban J connectivity index is 1.91. The Morgan fingerprint density at radius 2 is 1.63 bits per heavy atom. The molecule has 4 aromatic rings. The molecule has 0 fully saturated rings. The molecule has 2 aromatic carbocycles. The Labute approximate surface area is 216 Å². The Morgan fingerprint density at radius 1 is 0.971 bits per heavy atom. The van der Waals surface area contributed by atoms with Crippen molar-refractivity contribution in [2.24, 2.45) is 0 Å². The molecule has 0 saturated carbocycles. The van der Waals surface area contributed by atoms with Crippen molar-refractivity contribution in [1.82, 2.24) is 8.96 Å². The van der Waals surface area contributed by atoms with Crippen LogP contribution in [0.4, 0.5) is 10.5 Å². The second-order valence-electron chi connectivity index (χ2n) is 8.60. The summed E-state index contributed by atoms with van der Waals surface area (Å²) in [4.78, 5) is 32.3. The van der Waals surface area contributed by atoms with Gasteiger partial charge in [0.05, 0.1) is 16.1 Å². The molecule has 180 valence electrons. The van der Waals surface area contributed by atoms with Crippen LogP contribution in [0.1, 0.15) is 31.1 Å². The van der Waals surface area contributed by atoms with Crippen LogP contribution < -0.4 is 4.90 Å². The van der Waals surface area contributed by atoms with Crippen LogP contribution in [0.15, 0.2) is 84.0 Å². The Morgan fingerprint density at radius 3 is 2.29 bits per heavy atom. The first kappa shape index (κ1) is 24.9. The van der Waals surface area contributed by atoms with Gasteiger partial charge in [0.2, 0.25) is 0 Å². The van der Waals surface area contributed by atoms with Gasteiger partial charge < -0.3 is 4.74 Å². The second-order valence-corrected chi connectivity index (χ2v) is 11.6. The van der Waals surface area contributed by atoms with Crippen LogP contribution in [0.3, 0.4) is 0 Å². The van der Waals surface area contributed by atoms with Crippen LogP contribution in [0.5, 0.6) is 0 Å². The lowest BCUT2D eigenvalue weighted by molar-refractivity contribution is 0.0564. The molecule has 0 atom stereocenters. The highest BCUT2D eigenvalue weighted by molar-refractivity contribution is 14.1. The molecule has 0 N–H and O–H groups in total. The molecule has 0 aliphatic heterocycles. The van der Waals surface area contributed by atoms with Gasteiger partial charge in [-0.25, -0.2) is 27.1 Å². The fourth-order valence-electron chi connectivity index (χ4n) is 3.44. The maximum atomic E-state index is 13.9. The maximum Gasteiger partial charge on any atom is 0.422 e. The maximum absolute atomic E-state index is 13.9. The number of carbonyl (C=O) groups excluding carboxylic acids is 2. The number of pyridine rings is 1. The summed E-state index contributed by atoms with van der Waals surface area (Å²) in [6, 6.07) is 17.9. The normalized spacial score (nSPS) is 11.9. The van der Waals surface area contributed by atoms with Gasteiger partial charge in [0.25, 0.3) is 15.9 Å². The first-order valence-electron chi connectivity index (χ1n) is 10.6. The van der Waals surface area contributed by atoms with Gasteiger partial charge in [0, 0.05) is 21.4 Å². The number of rotatable bonds is 4. The predicted molar refractivity (Wildman–Crippen MR) is 141 cm³/mol. The monoisotopic (exact) mass is 603 g/mol. The summed E-state index contributed by atoms with van der Waals surface area (Å²) in [7, 11) is -4.06. The highest BCUT2D eigenvalue weighted by atomic mass is 127. The van der Waals surface area contributed by atoms with Crippen LogP contribution in [0.25, 0.3) is 11.0 Å². The molecule has 0 bridgehead atoms. The van der Waals surface area contributed by atoms with Gasteiger partial charge in [-0.2, -0.15) is 0 Å². The van der Waals surface area contributed by atoms with Crippen molar-refractivity contribution in [3.05, 3.63) is 88.3 Å². The molecule has 10 heteroatoms. The van der Waals surface area contributed by atoms with E-state index in [1.807, 2.05) is 22.6 Å². The minimum Gasteiger partial charge on any atom is -0.443 e. The van der Waals surface area contributed by atoms with Gasteiger partial charge in [0.15, 0.2) is 5.65 Å². The molecule has 0 saturated heterocycles. The standard InChI is InChI=1S/C25H22IN3O5S/c1-25(2,3)34-24(31)29(21-14-8-7-13-20(21)26)23(30)19-16-28(22-18(19)12-9-15-27-22)35(32,33)17-10-5-4-6-11-17/h4-16H,1-3H3. The summed E-state index contributed by atoms with van der Waals surface area (Å²) in [5.74, 6) is -0.733. The number of fused-ring (bicyclic) bond motifs is 1. The van der Waals surface area contributed by atoms with Crippen molar-refractivity contribution in [1.29, 1.82) is 0 Å². The van der Waals surface area contributed by atoms with Crippen LogP contribution in [-0.2, 0) is 14.8 Å². The van der Waals surface area contributed by atoms with Crippen molar-refractivity contribution < 1.29 is 22.7 Å². The first-order chi connectivity index (χ1) is 16.5. The van der Waals surface area contributed by atoms with E-state index in [1.54, 1.807) is 75.4 Å². The number of ether oxygens (including phenoxy) is 1. The third-order valence-electron chi connectivity index (χ3n) is 4.93. The average molecular weight is 603 g/mol. The zero-order valence-electron chi connectivity index (χ0n) is 19.2. The zero-order chi connectivity index (χ0) is 25.4. The lowest BCUT2D eigenvalue weighted by Crippen LogP contribution is -2.41. The van der Waals surface area contributed by atoms with E-state index in [1.165, 1.54) is 24.5 Å². The summed E-state index contributed by atoms with van der Waals surface area (Å²) in [6.07, 6.45) is 1.77. The Hall–Kier alpha value is -3.25. The molecular weight excluding hydrogens is 581 g/mol. The molecule has 8 nitrogen and oxygen atoms in total. The van der Waals surface area contributed by atoms with Crippen LogP contribution in [-0.4, -0.2) is 35.0 Å². The number of hydrogen-bond donors (Lipinski definition) is 0. The number of amides is 2. The van der Waals surface area contributed by atoms with E-state index in [2.05, 4.69) is 4.98 Å². The van der Waals surface area contributed by atoms with E-state index in [9.17, 15) is 18.0 Å². The number of halogens is 1. The Kier molecular flexibility index (Phi) is 6.69. The quantitative estimate of drug-likeness (QED) is 0.288. The first-order valence-corrected chi connectivity index (χ1v) is 13.1. The van der Waals surface area contributed by atoms with Gasteiger partial charge in [-0.3, -0.25) is 4.79 Å². The number of carbonyl (C=O) groups is 2. The van der Waals surface area contributed by atoms with Crippen molar-refractivity contribution in [3.8, 4) is 0 Å². The van der Waals surface area contributed by atoms with Crippen molar-refractivity contribution in [3.63, 3.8) is 0 Å². The summed E-state index contributed by atoms with van der Waals surface area (Å²) >= 11 is 2.03. The third-order valence-corrected chi connectivity index (χ3v) is 7.51. The number of nitrogens with zero attached hydrogens (tertiary/aromatic N) is 3. The van der Waals surface area contributed by atoms with Gasteiger partial charge in [-0.15, -0.1) is 0 Å². The number of benzene rings is 2. The number of hydrogen-bond acceptors (Lipinski definition) is 6. The molecular formula is C25H22IN3O5S. The van der Waals surface area contributed by atoms with Gasteiger partial charge in [-0.1, -0.05) is 30.3 Å². The molecule has 0 unspecified atom stereocenters. The highest BCUT2D eigenvalue weighted by Gasteiger charge is 2.34.